The first kappa shape index (κ1) is 11.4. The van der Waals surface area contributed by atoms with Crippen molar-refractivity contribution >= 4 is 45.0 Å². The third-order valence-electron chi connectivity index (χ3n) is 2.66. The third-order valence-corrected chi connectivity index (χ3v) is 3.26. The first-order valence-corrected chi connectivity index (χ1v) is 6.64. The smallest absolute Gasteiger partial charge is 0.228 e. The standard InChI is InChI=1S/C14H10IN3/c15-13-8-9-16-14(18-13)17-12-7-3-5-10-4-1-2-6-11(10)12/h1-9H,(H,16,17,18). The van der Waals surface area contributed by atoms with Gasteiger partial charge in [0, 0.05) is 17.3 Å². The van der Waals surface area contributed by atoms with E-state index in [1.165, 1.54) is 10.8 Å². The molecule has 3 nitrogen and oxygen atoms in total. The van der Waals surface area contributed by atoms with Crippen molar-refractivity contribution < 1.29 is 0 Å². The van der Waals surface area contributed by atoms with Gasteiger partial charge in [-0.25, -0.2) is 9.97 Å². The summed E-state index contributed by atoms with van der Waals surface area (Å²) in [5, 5.41) is 5.63. The monoisotopic (exact) mass is 347 g/mol. The molecule has 0 fully saturated rings. The molecule has 0 bridgehead atoms. The first-order valence-electron chi connectivity index (χ1n) is 5.56. The molecule has 0 atom stereocenters. The topological polar surface area (TPSA) is 37.8 Å². The number of hydrogen-bond donors (Lipinski definition) is 1. The van der Waals surface area contributed by atoms with Crippen LogP contribution in [0.2, 0.25) is 0 Å². The van der Waals surface area contributed by atoms with Gasteiger partial charge >= 0.3 is 0 Å². The van der Waals surface area contributed by atoms with E-state index in [-0.39, 0.29) is 0 Å². The van der Waals surface area contributed by atoms with Gasteiger partial charge in [0.05, 0.1) is 0 Å². The second-order valence-corrected chi connectivity index (χ2v) is 4.96. The molecule has 3 aromatic rings. The summed E-state index contributed by atoms with van der Waals surface area (Å²) >= 11 is 2.18. The van der Waals surface area contributed by atoms with Crippen molar-refractivity contribution in [2.45, 2.75) is 0 Å². The number of nitrogens with one attached hydrogen (secondary N) is 1. The lowest BCUT2D eigenvalue weighted by molar-refractivity contribution is 1.14. The summed E-state index contributed by atoms with van der Waals surface area (Å²) < 4.78 is 0.922. The fourth-order valence-corrected chi connectivity index (χ4v) is 2.24. The second kappa shape index (κ2) is 4.89. The number of aromatic nitrogens is 2. The van der Waals surface area contributed by atoms with Gasteiger partial charge in [-0.3, -0.25) is 0 Å². The van der Waals surface area contributed by atoms with Crippen LogP contribution in [0.5, 0.6) is 0 Å². The summed E-state index contributed by atoms with van der Waals surface area (Å²) in [5.41, 5.74) is 1.02. The Kier molecular flexibility index (Phi) is 3.10. The van der Waals surface area contributed by atoms with Crippen molar-refractivity contribution in [2.24, 2.45) is 0 Å². The molecule has 0 unspecified atom stereocenters. The number of benzene rings is 2. The van der Waals surface area contributed by atoms with Crippen LogP contribution >= 0.6 is 22.6 Å². The molecule has 0 spiro atoms. The number of nitrogens with zero attached hydrogens (tertiary/aromatic N) is 2. The molecular formula is C14H10IN3. The number of hydrogen-bond acceptors (Lipinski definition) is 3. The fraction of sp³-hybridized carbons (Fsp3) is 0. The highest BCUT2D eigenvalue weighted by Crippen LogP contribution is 2.24. The predicted molar refractivity (Wildman–Crippen MR) is 82.0 cm³/mol. The average molecular weight is 347 g/mol. The molecule has 1 N–H and O–H groups in total. The van der Waals surface area contributed by atoms with E-state index < -0.39 is 0 Å². The SMILES string of the molecule is Ic1ccnc(Nc2cccc3ccccc23)n1. The maximum Gasteiger partial charge on any atom is 0.228 e. The minimum Gasteiger partial charge on any atom is -0.324 e. The normalized spacial score (nSPS) is 10.5. The predicted octanol–water partition coefficient (Wildman–Crippen LogP) is 3.98. The summed E-state index contributed by atoms with van der Waals surface area (Å²) in [5.74, 6) is 0.623. The number of anilines is 2. The quantitative estimate of drug-likeness (QED) is 0.563. The maximum absolute atomic E-state index is 4.34. The van der Waals surface area contributed by atoms with Gasteiger partial charge in [-0.2, -0.15) is 0 Å². The van der Waals surface area contributed by atoms with Crippen LogP contribution in [0.25, 0.3) is 10.8 Å². The zero-order valence-electron chi connectivity index (χ0n) is 9.47. The van der Waals surface area contributed by atoms with Gasteiger partial charge in [0.15, 0.2) is 0 Å². The summed E-state index contributed by atoms with van der Waals surface area (Å²) in [6.07, 6.45) is 1.75. The van der Waals surface area contributed by atoms with E-state index in [0.717, 1.165) is 9.39 Å². The van der Waals surface area contributed by atoms with E-state index in [1.54, 1.807) is 6.20 Å². The van der Waals surface area contributed by atoms with Crippen LogP contribution in [0.3, 0.4) is 0 Å². The van der Waals surface area contributed by atoms with Gasteiger partial charge < -0.3 is 5.32 Å². The Balaban J connectivity index is 2.05. The summed E-state index contributed by atoms with van der Waals surface area (Å²) in [7, 11) is 0. The van der Waals surface area contributed by atoms with Gasteiger partial charge in [0.2, 0.25) is 5.95 Å². The van der Waals surface area contributed by atoms with Gasteiger partial charge in [0.1, 0.15) is 3.70 Å². The van der Waals surface area contributed by atoms with Crippen LogP contribution in [-0.4, -0.2) is 9.97 Å². The summed E-state index contributed by atoms with van der Waals surface area (Å²) in [6, 6.07) is 16.3. The van der Waals surface area contributed by atoms with Crippen molar-refractivity contribution in [1.29, 1.82) is 0 Å². The van der Waals surface area contributed by atoms with Crippen LogP contribution in [0.4, 0.5) is 11.6 Å². The molecule has 2 aromatic carbocycles. The Morgan fingerprint density at radius 1 is 0.944 bits per heavy atom. The van der Waals surface area contributed by atoms with E-state index in [0.29, 0.717) is 5.95 Å². The zero-order chi connectivity index (χ0) is 12.4. The van der Waals surface area contributed by atoms with Crippen molar-refractivity contribution in [3.63, 3.8) is 0 Å². The first-order chi connectivity index (χ1) is 8.83. The molecule has 0 radical (unpaired) electrons. The van der Waals surface area contributed by atoms with Crippen LogP contribution in [0.15, 0.2) is 54.7 Å². The molecule has 3 rings (SSSR count). The molecule has 1 aromatic heterocycles. The summed E-state index contributed by atoms with van der Waals surface area (Å²) in [4.78, 5) is 8.55. The molecule has 0 aliphatic heterocycles. The van der Waals surface area contributed by atoms with Crippen LogP contribution in [-0.2, 0) is 0 Å². The minimum absolute atomic E-state index is 0.623. The molecule has 0 aliphatic rings. The molecular weight excluding hydrogens is 337 g/mol. The maximum atomic E-state index is 4.34. The Labute approximate surface area is 118 Å². The fourth-order valence-electron chi connectivity index (χ4n) is 1.85. The lowest BCUT2D eigenvalue weighted by Gasteiger charge is -2.08. The van der Waals surface area contributed by atoms with Crippen LogP contribution in [0, 0.1) is 3.70 Å². The van der Waals surface area contributed by atoms with E-state index in [1.807, 2.05) is 30.3 Å². The van der Waals surface area contributed by atoms with Crippen molar-refractivity contribution in [2.75, 3.05) is 5.32 Å². The van der Waals surface area contributed by atoms with Crippen molar-refractivity contribution in [3.05, 3.63) is 58.4 Å². The molecule has 0 saturated heterocycles. The molecule has 0 amide bonds. The van der Waals surface area contributed by atoms with E-state index in [9.17, 15) is 0 Å². The highest BCUT2D eigenvalue weighted by atomic mass is 127. The van der Waals surface area contributed by atoms with E-state index >= 15 is 0 Å². The Hall–Kier alpha value is -1.69. The number of rotatable bonds is 2. The molecule has 4 heteroatoms. The lowest BCUT2D eigenvalue weighted by atomic mass is 10.1. The van der Waals surface area contributed by atoms with Crippen LogP contribution in [0.1, 0.15) is 0 Å². The zero-order valence-corrected chi connectivity index (χ0v) is 11.6. The molecule has 18 heavy (non-hydrogen) atoms. The highest BCUT2D eigenvalue weighted by molar-refractivity contribution is 14.1. The van der Waals surface area contributed by atoms with E-state index in [2.05, 4.69) is 56.1 Å². The lowest BCUT2D eigenvalue weighted by Crippen LogP contribution is -1.98. The Morgan fingerprint density at radius 3 is 2.67 bits per heavy atom. The Bertz CT molecular complexity index is 692. The molecule has 88 valence electrons. The Morgan fingerprint density at radius 2 is 1.78 bits per heavy atom. The number of fused-ring (bicyclic) bond motifs is 1. The average Bonchev–Trinajstić information content (AvgIpc) is 2.39. The van der Waals surface area contributed by atoms with Crippen molar-refractivity contribution in [3.8, 4) is 0 Å². The second-order valence-electron chi connectivity index (χ2n) is 3.85. The van der Waals surface area contributed by atoms with Gasteiger partial charge in [-0.15, -0.1) is 0 Å². The molecule has 0 aliphatic carbocycles. The highest BCUT2D eigenvalue weighted by Gasteiger charge is 2.02. The summed E-state index contributed by atoms with van der Waals surface area (Å²) in [6.45, 7) is 0. The molecule has 1 heterocycles. The minimum atomic E-state index is 0.623. The van der Waals surface area contributed by atoms with Crippen molar-refractivity contribution in [1.82, 2.24) is 9.97 Å². The van der Waals surface area contributed by atoms with Gasteiger partial charge in [0.25, 0.3) is 0 Å². The van der Waals surface area contributed by atoms with Gasteiger partial charge in [-0.05, 0) is 40.1 Å². The number of halogens is 1. The largest absolute Gasteiger partial charge is 0.324 e. The third kappa shape index (κ3) is 2.28. The van der Waals surface area contributed by atoms with Gasteiger partial charge in [-0.1, -0.05) is 36.4 Å². The molecule has 0 saturated carbocycles. The van der Waals surface area contributed by atoms with E-state index in [4.69, 9.17) is 0 Å². The van der Waals surface area contributed by atoms with Crippen LogP contribution < -0.4 is 5.32 Å².